The van der Waals surface area contributed by atoms with Gasteiger partial charge in [-0.15, -0.1) is 11.3 Å². The molecule has 1 aromatic rings. The predicted molar refractivity (Wildman–Crippen MR) is 74.4 cm³/mol. The van der Waals surface area contributed by atoms with E-state index in [1.54, 1.807) is 13.8 Å². The van der Waals surface area contributed by atoms with Crippen molar-refractivity contribution in [2.45, 2.75) is 24.1 Å². The summed E-state index contributed by atoms with van der Waals surface area (Å²) in [4.78, 5) is 26.8. The molecule has 0 aliphatic carbocycles. The molecular formula is C11H16N2O6S2. The molecular weight excluding hydrogens is 320 g/mol. The van der Waals surface area contributed by atoms with Crippen LogP contribution in [0.15, 0.2) is 9.72 Å². The van der Waals surface area contributed by atoms with Crippen molar-refractivity contribution < 1.29 is 27.5 Å². The topological polar surface area (TPSA) is 112 Å². The number of ether oxygens (including phenoxy) is 2. The van der Waals surface area contributed by atoms with Gasteiger partial charge in [0.1, 0.15) is 6.04 Å². The number of methoxy groups -OCH3 is 2. The van der Waals surface area contributed by atoms with Crippen LogP contribution in [0.4, 0.5) is 0 Å². The fraction of sp³-hybridized carbons (Fsp3) is 0.545. The third kappa shape index (κ3) is 3.99. The molecule has 0 amide bonds. The third-order valence-corrected chi connectivity index (χ3v) is 5.37. The predicted octanol–water partition coefficient (Wildman–Crippen LogP) is 0.406. The first-order valence-corrected chi connectivity index (χ1v) is 8.22. The number of carbonyl (C=O) groups excluding carboxylic acids is 2. The molecule has 0 spiro atoms. The van der Waals surface area contributed by atoms with E-state index in [4.69, 9.17) is 0 Å². The molecule has 0 saturated carbocycles. The van der Waals surface area contributed by atoms with E-state index in [0.717, 1.165) is 18.4 Å². The second-order valence-electron chi connectivity index (χ2n) is 4.35. The van der Waals surface area contributed by atoms with Gasteiger partial charge < -0.3 is 9.47 Å². The Kier molecular flexibility index (Phi) is 5.81. The van der Waals surface area contributed by atoms with Crippen molar-refractivity contribution in [1.29, 1.82) is 0 Å². The molecule has 0 bridgehead atoms. The fourth-order valence-corrected chi connectivity index (χ4v) is 3.94. The van der Waals surface area contributed by atoms with Crippen LogP contribution in [0.5, 0.6) is 0 Å². The Morgan fingerprint density at radius 1 is 1.29 bits per heavy atom. The molecule has 0 aliphatic rings. The van der Waals surface area contributed by atoms with Gasteiger partial charge in [-0.1, -0.05) is 13.8 Å². The van der Waals surface area contributed by atoms with Gasteiger partial charge in [0.25, 0.3) is 10.0 Å². The summed E-state index contributed by atoms with van der Waals surface area (Å²) in [5, 5.41) is 0. The highest BCUT2D eigenvalue weighted by Gasteiger charge is 2.33. The summed E-state index contributed by atoms with van der Waals surface area (Å²) in [5.74, 6) is -1.91. The molecule has 118 valence electrons. The molecule has 1 N–H and O–H groups in total. The van der Waals surface area contributed by atoms with Gasteiger partial charge >= 0.3 is 11.9 Å². The Morgan fingerprint density at radius 2 is 1.90 bits per heavy atom. The number of thiazole rings is 1. The van der Waals surface area contributed by atoms with E-state index >= 15 is 0 Å². The molecule has 0 unspecified atom stereocenters. The lowest BCUT2D eigenvalue weighted by Gasteiger charge is -2.19. The third-order valence-electron chi connectivity index (χ3n) is 2.56. The maximum absolute atomic E-state index is 12.3. The molecule has 1 rings (SSSR count). The standard InChI is InChI=1S/C11H16N2O6S2/c1-6(2)7(9(14)18-3)13-21(16,17)11-8(10(15)19-4)12-5-20-11/h5-7,13H,1-4H3/t7-/m0/s1. The first-order chi connectivity index (χ1) is 9.74. The van der Waals surface area contributed by atoms with E-state index in [2.05, 4.69) is 19.2 Å². The molecule has 1 atom stereocenters. The van der Waals surface area contributed by atoms with Gasteiger partial charge in [0.05, 0.1) is 19.7 Å². The van der Waals surface area contributed by atoms with Crippen LogP contribution in [0.2, 0.25) is 0 Å². The van der Waals surface area contributed by atoms with Crippen LogP contribution >= 0.6 is 11.3 Å². The molecule has 10 heteroatoms. The number of rotatable bonds is 6. The Morgan fingerprint density at radius 3 is 2.38 bits per heavy atom. The van der Waals surface area contributed by atoms with E-state index in [0.29, 0.717) is 0 Å². The van der Waals surface area contributed by atoms with E-state index in [1.165, 1.54) is 12.6 Å². The maximum Gasteiger partial charge on any atom is 0.358 e. The van der Waals surface area contributed by atoms with Crippen molar-refractivity contribution in [2.24, 2.45) is 5.92 Å². The number of nitrogens with one attached hydrogen (secondary N) is 1. The lowest BCUT2D eigenvalue weighted by molar-refractivity contribution is -0.143. The zero-order chi connectivity index (χ0) is 16.2. The summed E-state index contributed by atoms with van der Waals surface area (Å²) in [7, 11) is -1.81. The highest BCUT2D eigenvalue weighted by molar-refractivity contribution is 7.91. The number of esters is 2. The van der Waals surface area contributed by atoms with Gasteiger partial charge in [-0.25, -0.2) is 18.2 Å². The number of carbonyl (C=O) groups is 2. The normalized spacial score (nSPS) is 13.0. The largest absolute Gasteiger partial charge is 0.468 e. The van der Waals surface area contributed by atoms with E-state index < -0.39 is 28.0 Å². The van der Waals surface area contributed by atoms with Crippen LogP contribution < -0.4 is 4.72 Å². The van der Waals surface area contributed by atoms with Crippen molar-refractivity contribution in [1.82, 2.24) is 9.71 Å². The quantitative estimate of drug-likeness (QED) is 0.749. The van der Waals surface area contributed by atoms with E-state index in [1.807, 2.05) is 0 Å². The molecule has 0 fully saturated rings. The molecule has 8 nitrogen and oxygen atoms in total. The van der Waals surface area contributed by atoms with Gasteiger partial charge in [-0.2, -0.15) is 4.72 Å². The summed E-state index contributed by atoms with van der Waals surface area (Å²) >= 11 is 0.759. The van der Waals surface area contributed by atoms with Crippen LogP contribution in [0.1, 0.15) is 24.3 Å². The highest BCUT2D eigenvalue weighted by Crippen LogP contribution is 2.21. The molecule has 21 heavy (non-hydrogen) atoms. The fourth-order valence-electron chi connectivity index (χ4n) is 1.46. The van der Waals surface area contributed by atoms with Crippen molar-refractivity contribution >= 4 is 33.3 Å². The summed E-state index contributed by atoms with van der Waals surface area (Å²) in [5.41, 5.74) is 0.894. The minimum atomic E-state index is -4.10. The number of sulfonamides is 1. The van der Waals surface area contributed by atoms with Crippen LogP contribution in [0, 0.1) is 5.92 Å². The number of nitrogens with zero attached hydrogens (tertiary/aromatic N) is 1. The monoisotopic (exact) mass is 336 g/mol. The smallest absolute Gasteiger partial charge is 0.358 e. The van der Waals surface area contributed by atoms with Crippen molar-refractivity contribution in [3.05, 3.63) is 11.2 Å². The zero-order valence-corrected chi connectivity index (χ0v) is 13.6. The van der Waals surface area contributed by atoms with Crippen molar-refractivity contribution in [3.8, 4) is 0 Å². The molecule has 1 heterocycles. The van der Waals surface area contributed by atoms with Crippen molar-refractivity contribution in [2.75, 3.05) is 14.2 Å². The zero-order valence-electron chi connectivity index (χ0n) is 11.9. The molecule has 0 aromatic carbocycles. The Labute approximate surface area is 126 Å². The minimum absolute atomic E-state index is 0.302. The summed E-state index contributed by atoms with van der Waals surface area (Å²) < 4.78 is 35.6. The average molecular weight is 336 g/mol. The second kappa shape index (κ2) is 6.96. The van der Waals surface area contributed by atoms with Gasteiger partial charge in [-0.05, 0) is 5.92 Å². The lowest BCUT2D eigenvalue weighted by atomic mass is 10.1. The maximum atomic E-state index is 12.3. The molecule has 0 aliphatic heterocycles. The van der Waals surface area contributed by atoms with Gasteiger partial charge in [0.15, 0.2) is 9.90 Å². The first kappa shape index (κ1) is 17.5. The SMILES string of the molecule is COC(=O)c1ncsc1S(=O)(=O)N[C@H](C(=O)OC)C(C)C. The van der Waals surface area contributed by atoms with Crippen LogP contribution in [-0.4, -0.2) is 45.6 Å². The number of hydrogen-bond donors (Lipinski definition) is 1. The molecule has 0 radical (unpaired) electrons. The van der Waals surface area contributed by atoms with E-state index in [9.17, 15) is 18.0 Å². The van der Waals surface area contributed by atoms with Crippen molar-refractivity contribution in [3.63, 3.8) is 0 Å². The average Bonchev–Trinajstić information content (AvgIpc) is 2.93. The van der Waals surface area contributed by atoms with Gasteiger partial charge in [-0.3, -0.25) is 4.79 Å². The molecule has 1 aromatic heterocycles. The highest BCUT2D eigenvalue weighted by atomic mass is 32.2. The first-order valence-electron chi connectivity index (χ1n) is 5.86. The second-order valence-corrected chi connectivity index (χ2v) is 7.11. The molecule has 0 saturated heterocycles. The van der Waals surface area contributed by atoms with Gasteiger partial charge in [0, 0.05) is 0 Å². The summed E-state index contributed by atoms with van der Waals surface area (Å²) in [6.07, 6.45) is 0. The Hall–Kier alpha value is -1.52. The summed E-state index contributed by atoms with van der Waals surface area (Å²) in [6.45, 7) is 3.33. The van der Waals surface area contributed by atoms with Crippen LogP contribution in [-0.2, 0) is 24.3 Å². The minimum Gasteiger partial charge on any atom is -0.468 e. The lowest BCUT2D eigenvalue weighted by Crippen LogP contribution is -2.45. The number of aromatic nitrogens is 1. The van der Waals surface area contributed by atoms with Crippen LogP contribution in [0.25, 0.3) is 0 Å². The summed E-state index contributed by atoms with van der Waals surface area (Å²) in [6, 6.07) is -1.06. The number of hydrogen-bond acceptors (Lipinski definition) is 8. The van der Waals surface area contributed by atoms with Gasteiger partial charge in [0.2, 0.25) is 0 Å². The van der Waals surface area contributed by atoms with Crippen LogP contribution in [0.3, 0.4) is 0 Å². The van der Waals surface area contributed by atoms with E-state index in [-0.39, 0.29) is 15.8 Å². The Balaban J connectivity index is 3.14. The Bertz CT molecular complexity index is 622.